The Balaban J connectivity index is 1.87. The van der Waals surface area contributed by atoms with Crippen molar-refractivity contribution in [3.63, 3.8) is 0 Å². The molecule has 7 nitrogen and oxygen atoms in total. The Morgan fingerprint density at radius 2 is 1.63 bits per heavy atom. The summed E-state index contributed by atoms with van der Waals surface area (Å²) in [6.45, 7) is 1.74. The summed E-state index contributed by atoms with van der Waals surface area (Å²) in [6, 6.07) is 13.1. The summed E-state index contributed by atoms with van der Waals surface area (Å²) in [7, 11) is -0.374. The molecule has 27 heavy (non-hydrogen) atoms. The first-order chi connectivity index (χ1) is 12.7. The number of hydrazone groups is 1. The van der Waals surface area contributed by atoms with E-state index in [1.165, 1.54) is 29.3 Å². The molecule has 0 saturated heterocycles. The highest BCUT2D eigenvalue weighted by Crippen LogP contribution is 2.26. The Labute approximate surface area is 158 Å². The minimum absolute atomic E-state index is 0.240. The average Bonchev–Trinajstić information content (AvgIpc) is 2.90. The van der Waals surface area contributed by atoms with Crippen molar-refractivity contribution in [3.05, 3.63) is 59.7 Å². The first kappa shape index (κ1) is 18.8. The number of anilines is 2. The maximum atomic E-state index is 12.7. The van der Waals surface area contributed by atoms with Crippen LogP contribution in [0.5, 0.6) is 0 Å². The van der Waals surface area contributed by atoms with Crippen LogP contribution in [-0.4, -0.2) is 38.7 Å². The van der Waals surface area contributed by atoms with Gasteiger partial charge >= 0.3 is 0 Å². The number of hydrogen-bond acceptors (Lipinski definition) is 5. The molecule has 2 aromatic carbocycles. The maximum Gasteiger partial charge on any atom is 0.294 e. The molecule has 1 heterocycles. The highest BCUT2D eigenvalue weighted by Gasteiger charge is 2.28. The van der Waals surface area contributed by atoms with Crippen molar-refractivity contribution in [2.24, 2.45) is 5.10 Å². The summed E-state index contributed by atoms with van der Waals surface area (Å²) in [5.74, 6) is -0.302. The van der Waals surface area contributed by atoms with Gasteiger partial charge in [-0.25, -0.2) is 0 Å². The van der Waals surface area contributed by atoms with Gasteiger partial charge in [-0.15, -0.1) is 0 Å². The van der Waals surface area contributed by atoms with Gasteiger partial charge in [-0.3, -0.25) is 9.35 Å². The fraction of sp³-hybridized carbons (Fsp3) is 0.158. The lowest BCUT2D eigenvalue weighted by atomic mass is 10.1. The van der Waals surface area contributed by atoms with Gasteiger partial charge in [0.05, 0.1) is 21.9 Å². The van der Waals surface area contributed by atoms with Gasteiger partial charge in [0.15, 0.2) is 0 Å². The van der Waals surface area contributed by atoms with E-state index in [4.69, 9.17) is 4.55 Å². The average molecular weight is 385 g/mol. The number of amides is 1. The number of benzene rings is 2. The first-order valence-electron chi connectivity index (χ1n) is 8.13. The molecule has 8 heteroatoms. The molecule has 0 unspecified atom stereocenters. The highest BCUT2D eigenvalue weighted by molar-refractivity contribution is 7.85. The topological polar surface area (TPSA) is 90.3 Å². The molecule has 140 valence electrons. The normalized spacial score (nSPS) is 16.0. The van der Waals surface area contributed by atoms with Gasteiger partial charge in [-0.2, -0.15) is 18.5 Å². The fourth-order valence-electron chi connectivity index (χ4n) is 2.65. The summed E-state index contributed by atoms with van der Waals surface area (Å²) in [5, 5.41) is 5.48. The molecule has 0 radical (unpaired) electrons. The number of rotatable bonds is 4. The van der Waals surface area contributed by atoms with E-state index >= 15 is 0 Å². The minimum atomic E-state index is -4.28. The molecular formula is C19H19N3O4S. The van der Waals surface area contributed by atoms with Crippen LogP contribution in [0.2, 0.25) is 0 Å². The maximum absolute atomic E-state index is 12.7. The Morgan fingerprint density at radius 1 is 1.04 bits per heavy atom. The third kappa shape index (κ3) is 3.91. The van der Waals surface area contributed by atoms with Crippen molar-refractivity contribution in [2.45, 2.75) is 11.8 Å². The lowest BCUT2D eigenvalue weighted by Crippen LogP contribution is -2.21. The van der Waals surface area contributed by atoms with Gasteiger partial charge in [-0.05, 0) is 55.0 Å². The zero-order chi connectivity index (χ0) is 19.8. The van der Waals surface area contributed by atoms with E-state index in [1.807, 2.05) is 43.3 Å². The largest absolute Gasteiger partial charge is 0.378 e. The molecule has 0 spiro atoms. The number of nitrogens with zero attached hydrogens (tertiary/aromatic N) is 3. The third-order valence-electron chi connectivity index (χ3n) is 4.16. The first-order valence-corrected chi connectivity index (χ1v) is 9.57. The van der Waals surface area contributed by atoms with Crippen LogP contribution in [0.3, 0.4) is 0 Å². The van der Waals surface area contributed by atoms with E-state index < -0.39 is 10.1 Å². The predicted molar refractivity (Wildman–Crippen MR) is 106 cm³/mol. The molecule has 0 fully saturated rings. The molecule has 1 N–H and O–H groups in total. The predicted octanol–water partition coefficient (Wildman–Crippen LogP) is 2.81. The van der Waals surface area contributed by atoms with E-state index in [9.17, 15) is 13.2 Å². The van der Waals surface area contributed by atoms with Crippen LogP contribution in [0.15, 0.2) is 64.1 Å². The van der Waals surface area contributed by atoms with Crippen molar-refractivity contribution in [2.75, 3.05) is 24.0 Å². The fourth-order valence-corrected chi connectivity index (χ4v) is 3.13. The Kier molecular flexibility index (Phi) is 4.86. The van der Waals surface area contributed by atoms with E-state index in [-0.39, 0.29) is 10.8 Å². The molecule has 0 bridgehead atoms. The van der Waals surface area contributed by atoms with Crippen LogP contribution in [0.25, 0.3) is 6.08 Å². The van der Waals surface area contributed by atoms with Crippen molar-refractivity contribution in [1.29, 1.82) is 0 Å². The van der Waals surface area contributed by atoms with Crippen molar-refractivity contribution < 1.29 is 17.8 Å². The van der Waals surface area contributed by atoms with Gasteiger partial charge in [0.1, 0.15) is 0 Å². The summed E-state index contributed by atoms with van der Waals surface area (Å²) in [5.41, 5.74) is 3.38. The molecule has 2 aromatic rings. The van der Waals surface area contributed by atoms with Crippen molar-refractivity contribution in [3.8, 4) is 0 Å². The van der Waals surface area contributed by atoms with Gasteiger partial charge < -0.3 is 4.90 Å². The molecule has 0 saturated carbocycles. The molecule has 1 aliphatic heterocycles. The van der Waals surface area contributed by atoms with E-state index in [2.05, 4.69) is 5.10 Å². The summed E-state index contributed by atoms with van der Waals surface area (Å²) < 4.78 is 31.3. The van der Waals surface area contributed by atoms with Gasteiger partial charge in [0, 0.05) is 19.8 Å². The lowest BCUT2D eigenvalue weighted by molar-refractivity contribution is -0.114. The van der Waals surface area contributed by atoms with Crippen LogP contribution in [0.1, 0.15) is 12.5 Å². The molecule has 1 amide bonds. The molecule has 0 aromatic heterocycles. The molecule has 1 aliphatic rings. The number of carbonyl (C=O) groups is 1. The summed E-state index contributed by atoms with van der Waals surface area (Å²) in [6.07, 6.45) is 1.77. The monoisotopic (exact) mass is 385 g/mol. The van der Waals surface area contributed by atoms with Crippen LogP contribution < -0.4 is 9.91 Å². The highest BCUT2D eigenvalue weighted by atomic mass is 32.2. The second-order valence-corrected chi connectivity index (χ2v) is 7.74. The second-order valence-electron chi connectivity index (χ2n) is 6.32. The minimum Gasteiger partial charge on any atom is -0.378 e. The Bertz CT molecular complexity index is 1040. The molecule has 3 rings (SSSR count). The Morgan fingerprint density at radius 3 is 2.15 bits per heavy atom. The van der Waals surface area contributed by atoms with E-state index in [0.29, 0.717) is 17.0 Å². The van der Waals surface area contributed by atoms with Crippen molar-refractivity contribution in [1.82, 2.24) is 0 Å². The standard InChI is InChI=1S/C19H19N3O4S/c1-13-18(12-14-4-6-15(7-5-14)21(2)3)19(23)22(20-13)16-8-10-17(11-9-16)27(24,25)26/h4-12H,1-3H3,(H,24,25,26)/b18-12-. The van der Waals surface area contributed by atoms with Crippen LogP contribution >= 0.6 is 0 Å². The summed E-state index contributed by atoms with van der Waals surface area (Å²) in [4.78, 5) is 14.5. The van der Waals surface area contributed by atoms with Crippen LogP contribution in [0.4, 0.5) is 11.4 Å². The number of carbonyl (C=O) groups excluding carboxylic acids is 1. The van der Waals surface area contributed by atoms with Gasteiger partial charge in [0.2, 0.25) is 0 Å². The SMILES string of the molecule is CC1=NN(c2ccc(S(=O)(=O)O)cc2)C(=O)/C1=C\c1ccc(N(C)C)cc1. The van der Waals surface area contributed by atoms with Crippen molar-refractivity contribution >= 4 is 39.2 Å². The quantitative estimate of drug-likeness (QED) is 0.646. The van der Waals surface area contributed by atoms with Crippen LogP contribution in [0, 0.1) is 0 Å². The van der Waals surface area contributed by atoms with E-state index in [0.717, 1.165) is 11.3 Å². The van der Waals surface area contributed by atoms with Gasteiger partial charge in [-0.1, -0.05) is 12.1 Å². The molecular weight excluding hydrogens is 366 g/mol. The van der Waals surface area contributed by atoms with Crippen LogP contribution in [-0.2, 0) is 14.9 Å². The summed E-state index contributed by atoms with van der Waals surface area (Å²) >= 11 is 0. The number of hydrogen-bond donors (Lipinski definition) is 1. The lowest BCUT2D eigenvalue weighted by Gasteiger charge is -2.12. The Hall–Kier alpha value is -2.97. The zero-order valence-electron chi connectivity index (χ0n) is 15.1. The van der Waals surface area contributed by atoms with E-state index in [1.54, 1.807) is 13.0 Å². The van der Waals surface area contributed by atoms with Gasteiger partial charge in [0.25, 0.3) is 16.0 Å². The smallest absolute Gasteiger partial charge is 0.294 e. The zero-order valence-corrected chi connectivity index (χ0v) is 15.9. The third-order valence-corrected chi connectivity index (χ3v) is 5.03. The molecule has 0 atom stereocenters. The molecule has 0 aliphatic carbocycles. The second kappa shape index (κ2) is 6.98.